The molecule has 0 spiro atoms. The summed E-state index contributed by atoms with van der Waals surface area (Å²) in [5, 5.41) is 3.25. The molecule has 0 bridgehead atoms. The van der Waals surface area contributed by atoms with Gasteiger partial charge in [0, 0.05) is 0 Å². The molecule has 1 aromatic heterocycles. The highest BCUT2D eigenvalue weighted by Gasteiger charge is 2.38. The van der Waals surface area contributed by atoms with E-state index in [9.17, 15) is 0 Å². The first kappa shape index (κ1) is 15.4. The van der Waals surface area contributed by atoms with Crippen molar-refractivity contribution in [2.45, 2.75) is 32.9 Å². The van der Waals surface area contributed by atoms with Crippen molar-refractivity contribution in [2.75, 3.05) is 46.8 Å². The van der Waals surface area contributed by atoms with Gasteiger partial charge in [-0.15, -0.1) is 9.67 Å². The SMILES string of the molecule is CC(C)[N+]1(C)CC[N+](C)(CCC[n+]2c[n+](C)c[nH]2)CC1. The van der Waals surface area contributed by atoms with Crippen molar-refractivity contribution in [1.82, 2.24) is 5.10 Å². The maximum absolute atomic E-state index is 3.25. The Bertz CT molecular complexity index is 429. The molecule has 1 aliphatic rings. The molecule has 0 atom stereocenters. The smallest absolute Gasteiger partial charge is 0.317 e. The second kappa shape index (κ2) is 5.82. The lowest BCUT2D eigenvalue weighted by Crippen LogP contribution is -2.66. The number of aromatic amines is 1. The average molecular weight is 283 g/mol. The summed E-state index contributed by atoms with van der Waals surface area (Å²) in [6.45, 7) is 12.4. The Morgan fingerprint density at radius 2 is 1.80 bits per heavy atom. The van der Waals surface area contributed by atoms with Crippen molar-refractivity contribution in [3.05, 3.63) is 12.7 Å². The summed E-state index contributed by atoms with van der Waals surface area (Å²) in [6.07, 6.45) is 5.35. The van der Waals surface area contributed by atoms with Gasteiger partial charge in [-0.05, 0) is 13.8 Å². The number of hydrogen-bond donors (Lipinski definition) is 1. The van der Waals surface area contributed by atoms with Crippen LogP contribution in [0.2, 0.25) is 0 Å². The molecule has 0 amide bonds. The molecule has 20 heavy (non-hydrogen) atoms. The number of nitrogens with one attached hydrogen (secondary N) is 1. The summed E-state index contributed by atoms with van der Waals surface area (Å²) >= 11 is 0. The molecule has 1 saturated heterocycles. The van der Waals surface area contributed by atoms with Gasteiger partial charge >= 0.3 is 6.33 Å². The molecule has 5 heteroatoms. The molecule has 5 nitrogen and oxygen atoms in total. The fraction of sp³-hybridized carbons (Fsp3) is 0.867. The Hall–Kier alpha value is -0.940. The molecular weight excluding hydrogens is 250 g/mol. The summed E-state index contributed by atoms with van der Waals surface area (Å²) in [4.78, 5) is 0. The number of hydrogen-bond acceptors (Lipinski definition) is 0. The first-order valence-electron chi connectivity index (χ1n) is 7.94. The molecule has 114 valence electrons. The van der Waals surface area contributed by atoms with Gasteiger partial charge in [0.1, 0.15) is 33.2 Å². The summed E-state index contributed by atoms with van der Waals surface area (Å²) < 4.78 is 6.72. The van der Waals surface area contributed by atoms with E-state index in [1.807, 2.05) is 6.33 Å². The van der Waals surface area contributed by atoms with Crippen molar-refractivity contribution in [1.29, 1.82) is 0 Å². The predicted octanol–water partition coefficient (Wildman–Crippen LogP) is -0.168. The maximum atomic E-state index is 3.25. The lowest BCUT2D eigenvalue weighted by Gasteiger charge is -2.48. The minimum Gasteiger partial charge on any atom is -0.317 e. The third-order valence-electron chi connectivity index (χ3n) is 5.39. The maximum Gasteiger partial charge on any atom is 0.431 e. The lowest BCUT2D eigenvalue weighted by atomic mass is 10.1. The Labute approximate surface area is 123 Å². The summed E-state index contributed by atoms with van der Waals surface area (Å²) in [7, 11) is 6.91. The van der Waals surface area contributed by atoms with E-state index in [2.05, 4.69) is 55.7 Å². The van der Waals surface area contributed by atoms with E-state index in [-0.39, 0.29) is 0 Å². The molecule has 2 heterocycles. The number of piperazine rings is 1. The highest BCUT2D eigenvalue weighted by atomic mass is 15.5. The molecule has 1 N–H and O–H groups in total. The van der Waals surface area contributed by atoms with E-state index in [0.29, 0.717) is 0 Å². The zero-order valence-electron chi connectivity index (χ0n) is 14.0. The molecular formula is C15H33N5+4. The van der Waals surface area contributed by atoms with Crippen LogP contribution in [0.4, 0.5) is 0 Å². The molecule has 0 aliphatic carbocycles. The van der Waals surface area contributed by atoms with Gasteiger partial charge in [-0.2, -0.15) is 0 Å². The molecule has 2 rings (SSSR count). The van der Waals surface area contributed by atoms with Crippen molar-refractivity contribution in [3.63, 3.8) is 0 Å². The number of likely N-dealkylation sites (N-methyl/N-ethyl adjacent to an activating group) is 2. The minimum absolute atomic E-state index is 0.748. The fourth-order valence-corrected chi connectivity index (χ4v) is 3.10. The highest BCUT2D eigenvalue weighted by Crippen LogP contribution is 2.19. The zero-order valence-corrected chi connectivity index (χ0v) is 14.0. The van der Waals surface area contributed by atoms with Gasteiger partial charge in [0.25, 0.3) is 6.33 Å². The average Bonchev–Trinajstić information content (AvgIpc) is 2.79. The Morgan fingerprint density at radius 3 is 2.30 bits per heavy atom. The number of H-pyrrole nitrogens is 1. The number of aromatic nitrogens is 3. The number of aryl methyl sites for hydroxylation is 2. The van der Waals surface area contributed by atoms with Crippen LogP contribution in [0.1, 0.15) is 20.3 Å². The number of nitrogens with zero attached hydrogens (tertiary/aromatic N) is 4. The van der Waals surface area contributed by atoms with Crippen LogP contribution >= 0.6 is 0 Å². The van der Waals surface area contributed by atoms with Crippen molar-refractivity contribution < 1.29 is 18.2 Å². The quantitative estimate of drug-likeness (QED) is 0.573. The molecule has 0 radical (unpaired) electrons. The predicted molar refractivity (Wildman–Crippen MR) is 78.6 cm³/mol. The zero-order chi connectivity index (χ0) is 14.8. The van der Waals surface area contributed by atoms with Crippen LogP contribution in [-0.4, -0.2) is 66.9 Å². The van der Waals surface area contributed by atoms with E-state index < -0.39 is 0 Å². The van der Waals surface area contributed by atoms with Crippen molar-refractivity contribution in [3.8, 4) is 0 Å². The van der Waals surface area contributed by atoms with Crippen LogP contribution in [0, 0.1) is 0 Å². The molecule has 1 fully saturated rings. The first-order valence-corrected chi connectivity index (χ1v) is 7.94. The van der Waals surface area contributed by atoms with Crippen LogP contribution in [0.5, 0.6) is 0 Å². The first-order chi connectivity index (χ1) is 9.33. The van der Waals surface area contributed by atoms with Crippen molar-refractivity contribution >= 4 is 0 Å². The van der Waals surface area contributed by atoms with Gasteiger partial charge in [-0.1, -0.05) is 4.68 Å². The van der Waals surface area contributed by atoms with E-state index in [1.165, 1.54) is 48.1 Å². The summed E-state index contributed by atoms with van der Waals surface area (Å²) in [6, 6.07) is 0.748. The van der Waals surface area contributed by atoms with E-state index in [0.717, 1.165) is 12.6 Å². The molecule has 0 saturated carbocycles. The topological polar surface area (TPSA) is 23.5 Å². The molecule has 1 aliphatic heterocycles. The van der Waals surface area contributed by atoms with Crippen molar-refractivity contribution in [2.24, 2.45) is 7.05 Å². The Morgan fingerprint density at radius 1 is 1.15 bits per heavy atom. The second-order valence-corrected chi connectivity index (χ2v) is 7.40. The van der Waals surface area contributed by atoms with Crippen LogP contribution in [0.25, 0.3) is 0 Å². The summed E-state index contributed by atoms with van der Waals surface area (Å²) in [5.74, 6) is 0. The number of quaternary nitrogens is 2. The van der Waals surface area contributed by atoms with Gasteiger partial charge in [-0.25, -0.2) is 0 Å². The van der Waals surface area contributed by atoms with Gasteiger partial charge in [0.05, 0.1) is 33.1 Å². The van der Waals surface area contributed by atoms with E-state index in [4.69, 9.17) is 0 Å². The monoisotopic (exact) mass is 283 g/mol. The Balaban J connectivity index is 1.79. The Kier molecular flexibility index (Phi) is 4.49. The largest absolute Gasteiger partial charge is 0.431 e. The third kappa shape index (κ3) is 3.58. The summed E-state index contributed by atoms with van der Waals surface area (Å²) in [5.41, 5.74) is 0. The second-order valence-electron chi connectivity index (χ2n) is 7.40. The molecule has 0 unspecified atom stereocenters. The van der Waals surface area contributed by atoms with Crippen LogP contribution < -0.4 is 9.25 Å². The van der Waals surface area contributed by atoms with Gasteiger partial charge in [0.2, 0.25) is 0 Å². The fourth-order valence-electron chi connectivity index (χ4n) is 3.10. The molecule has 1 aromatic rings. The van der Waals surface area contributed by atoms with Gasteiger partial charge in [0.15, 0.2) is 6.54 Å². The third-order valence-corrected chi connectivity index (χ3v) is 5.39. The normalized spacial score (nSPS) is 30.9. The highest BCUT2D eigenvalue weighted by molar-refractivity contribution is 4.53. The van der Waals surface area contributed by atoms with Crippen LogP contribution in [0.15, 0.2) is 12.7 Å². The van der Waals surface area contributed by atoms with Crippen LogP contribution in [-0.2, 0) is 13.6 Å². The molecule has 0 aromatic carbocycles. The van der Waals surface area contributed by atoms with Gasteiger partial charge < -0.3 is 8.97 Å². The van der Waals surface area contributed by atoms with Crippen LogP contribution in [0.3, 0.4) is 0 Å². The van der Waals surface area contributed by atoms with E-state index >= 15 is 0 Å². The standard InChI is InChI=1S/C15H32N5/c1-15(2)20(5)11-9-19(4,10-12-20)8-6-7-18-14-17(3)13-16-18/h13-15H,6-12H2,1-5H3/q+3/p+1. The van der Waals surface area contributed by atoms with Gasteiger partial charge in [-0.3, -0.25) is 0 Å². The lowest BCUT2D eigenvalue weighted by molar-refractivity contribution is -1.03. The number of rotatable bonds is 5. The minimum atomic E-state index is 0.748. The van der Waals surface area contributed by atoms with E-state index in [1.54, 1.807) is 0 Å².